The molecule has 0 fully saturated rings. The Hall–Kier alpha value is -1.72. The first-order valence-electron chi connectivity index (χ1n) is 6.96. The van der Waals surface area contributed by atoms with Crippen LogP contribution in [0, 0.1) is 17.3 Å². The second kappa shape index (κ2) is 7.70. The average Bonchev–Trinajstić information content (AvgIpc) is 2.38. The third-order valence-corrected chi connectivity index (χ3v) is 3.33. The lowest BCUT2D eigenvalue weighted by atomic mass is 10.1. The molecule has 0 atom stereocenters. The second-order valence-electron chi connectivity index (χ2n) is 5.66. The van der Waals surface area contributed by atoms with E-state index in [2.05, 4.69) is 21.5 Å². The Kier molecular flexibility index (Phi) is 6.47. The molecule has 0 saturated carbocycles. The predicted molar refractivity (Wildman–Crippen MR) is 83.4 cm³/mol. The van der Waals surface area contributed by atoms with Crippen molar-refractivity contribution in [2.45, 2.75) is 32.9 Å². The van der Waals surface area contributed by atoms with Crippen molar-refractivity contribution in [3.05, 3.63) is 23.5 Å². The van der Waals surface area contributed by atoms with E-state index in [1.54, 1.807) is 6.92 Å². The molecular weight excluding hydrogens is 330 g/mol. The summed E-state index contributed by atoms with van der Waals surface area (Å²) in [4.78, 5) is 0. The first-order valence-corrected chi connectivity index (χ1v) is 10.5. The number of nitrogens with one attached hydrogen (secondary N) is 1. The Morgan fingerprint density at radius 1 is 1.22 bits per heavy atom. The van der Waals surface area contributed by atoms with E-state index in [-0.39, 0.29) is 18.0 Å². The summed E-state index contributed by atoms with van der Waals surface area (Å²) in [6, 6.07) is 1.82. The van der Waals surface area contributed by atoms with Crippen LogP contribution in [0.2, 0.25) is 19.6 Å². The van der Waals surface area contributed by atoms with E-state index in [0.29, 0.717) is 6.61 Å². The quantitative estimate of drug-likeness (QED) is 0.282. The number of rotatable bonds is 5. The molecule has 1 rings (SSSR count). The van der Waals surface area contributed by atoms with E-state index >= 15 is 0 Å². The molecule has 128 valence electrons. The number of ether oxygens (including phenoxy) is 2. The summed E-state index contributed by atoms with van der Waals surface area (Å²) in [6.45, 7) is 7.85. The van der Waals surface area contributed by atoms with Crippen molar-refractivity contribution in [2.75, 3.05) is 18.7 Å². The first-order chi connectivity index (χ1) is 10.5. The van der Waals surface area contributed by atoms with Crippen LogP contribution in [-0.4, -0.2) is 27.8 Å². The number of anilines is 1. The highest BCUT2D eigenvalue weighted by molar-refractivity contribution is 6.83. The molecule has 0 aliphatic rings. The van der Waals surface area contributed by atoms with Crippen LogP contribution < -0.4 is 10.1 Å². The van der Waals surface area contributed by atoms with E-state index < -0.39 is 26.0 Å². The Balaban J connectivity index is 3.34. The van der Waals surface area contributed by atoms with Crippen LogP contribution in [-0.2, 0) is 4.74 Å². The zero-order valence-electron chi connectivity index (χ0n) is 13.4. The Labute approximate surface area is 134 Å². The van der Waals surface area contributed by atoms with Crippen molar-refractivity contribution < 1.29 is 27.0 Å². The van der Waals surface area contributed by atoms with Crippen LogP contribution >= 0.6 is 0 Å². The normalized spacial score (nSPS) is 11.7. The van der Waals surface area contributed by atoms with Gasteiger partial charge in [-0.25, -0.2) is 4.39 Å². The van der Waals surface area contributed by atoms with Gasteiger partial charge in [0.15, 0.2) is 0 Å². The molecule has 1 aromatic carbocycles. The fraction of sp³-hybridized carbons (Fsp3) is 0.467. The van der Waals surface area contributed by atoms with Crippen molar-refractivity contribution >= 4 is 13.8 Å². The molecule has 0 radical (unpaired) electrons. The van der Waals surface area contributed by atoms with Crippen molar-refractivity contribution in [2.24, 2.45) is 0 Å². The van der Waals surface area contributed by atoms with E-state index in [1.165, 1.54) is 0 Å². The molecule has 0 saturated heterocycles. The number of halogens is 4. The van der Waals surface area contributed by atoms with E-state index in [0.717, 1.165) is 12.1 Å². The molecule has 0 aliphatic heterocycles. The minimum absolute atomic E-state index is 0.0511. The minimum Gasteiger partial charge on any atom is -0.404 e. The molecule has 3 nitrogen and oxygen atoms in total. The lowest BCUT2D eigenvalue weighted by Crippen LogP contribution is -2.19. The van der Waals surface area contributed by atoms with Crippen molar-refractivity contribution in [3.63, 3.8) is 0 Å². The molecule has 0 spiro atoms. The van der Waals surface area contributed by atoms with Gasteiger partial charge in [0.25, 0.3) is 0 Å². The molecule has 0 heterocycles. The number of benzene rings is 1. The lowest BCUT2D eigenvalue weighted by Gasteiger charge is -2.16. The highest BCUT2D eigenvalue weighted by atomic mass is 28.3. The van der Waals surface area contributed by atoms with Gasteiger partial charge in [0.1, 0.15) is 26.4 Å². The topological polar surface area (TPSA) is 30.5 Å². The third kappa shape index (κ3) is 6.92. The monoisotopic (exact) mass is 349 g/mol. The Morgan fingerprint density at radius 2 is 1.87 bits per heavy atom. The Morgan fingerprint density at radius 3 is 2.39 bits per heavy atom. The maximum Gasteiger partial charge on any atom is 0.573 e. The molecule has 1 aromatic rings. The van der Waals surface area contributed by atoms with Gasteiger partial charge in [-0.15, -0.1) is 18.7 Å². The largest absolute Gasteiger partial charge is 0.573 e. The summed E-state index contributed by atoms with van der Waals surface area (Å²) in [5.74, 6) is 1.38. The first kappa shape index (κ1) is 19.3. The maximum atomic E-state index is 14.0. The maximum absolute atomic E-state index is 14.0. The molecule has 0 aromatic heterocycles. The molecule has 0 bridgehead atoms. The van der Waals surface area contributed by atoms with Gasteiger partial charge < -0.3 is 14.8 Å². The van der Waals surface area contributed by atoms with E-state index in [1.807, 2.05) is 19.6 Å². The van der Waals surface area contributed by atoms with Crippen LogP contribution in [0.5, 0.6) is 5.75 Å². The zero-order chi connectivity index (χ0) is 17.7. The summed E-state index contributed by atoms with van der Waals surface area (Å²) in [5, 5.41) is 2.61. The van der Waals surface area contributed by atoms with Gasteiger partial charge >= 0.3 is 6.36 Å². The second-order valence-corrected chi connectivity index (χ2v) is 10.4. The van der Waals surface area contributed by atoms with Crippen LogP contribution in [0.15, 0.2) is 12.1 Å². The van der Waals surface area contributed by atoms with E-state index in [4.69, 9.17) is 4.74 Å². The molecular formula is C15H19F4NO2Si. The molecule has 0 unspecified atom stereocenters. The van der Waals surface area contributed by atoms with Gasteiger partial charge in [0.2, 0.25) is 0 Å². The summed E-state index contributed by atoms with van der Waals surface area (Å²) in [7, 11) is -1.88. The standard InChI is InChI=1S/C15H19F4NO2Si/c1-5-21-10-20-14-11(8-9-23(2,3)4)13(7-6-12(14)16)22-15(17,18)19/h6-7,20H,5,10H2,1-4H3. The van der Waals surface area contributed by atoms with Gasteiger partial charge in [0.05, 0.1) is 11.3 Å². The van der Waals surface area contributed by atoms with Crippen molar-refractivity contribution in [3.8, 4) is 17.2 Å². The van der Waals surface area contributed by atoms with Crippen LogP contribution in [0.25, 0.3) is 0 Å². The molecule has 8 heteroatoms. The smallest absolute Gasteiger partial charge is 0.404 e. The number of hydrogen-bond acceptors (Lipinski definition) is 3. The summed E-state index contributed by atoms with van der Waals surface area (Å²) < 4.78 is 60.6. The average molecular weight is 349 g/mol. The summed E-state index contributed by atoms with van der Waals surface area (Å²) >= 11 is 0. The van der Waals surface area contributed by atoms with Crippen LogP contribution in [0.4, 0.5) is 23.2 Å². The number of hydrogen-bond donors (Lipinski definition) is 1. The van der Waals surface area contributed by atoms with E-state index in [9.17, 15) is 17.6 Å². The highest BCUT2D eigenvalue weighted by Crippen LogP contribution is 2.32. The lowest BCUT2D eigenvalue weighted by molar-refractivity contribution is -0.274. The molecule has 0 aliphatic carbocycles. The van der Waals surface area contributed by atoms with Gasteiger partial charge in [-0.2, -0.15) is 0 Å². The fourth-order valence-corrected chi connectivity index (χ4v) is 2.04. The van der Waals surface area contributed by atoms with Gasteiger partial charge in [-0.3, -0.25) is 0 Å². The number of alkyl halides is 3. The molecule has 23 heavy (non-hydrogen) atoms. The van der Waals surface area contributed by atoms with Crippen molar-refractivity contribution in [1.82, 2.24) is 0 Å². The molecule has 0 amide bonds. The fourth-order valence-electron chi connectivity index (χ4n) is 1.54. The van der Waals surface area contributed by atoms with Crippen molar-refractivity contribution in [1.29, 1.82) is 0 Å². The van der Waals surface area contributed by atoms with Gasteiger partial charge in [-0.1, -0.05) is 25.6 Å². The minimum atomic E-state index is -4.88. The van der Waals surface area contributed by atoms with Crippen LogP contribution in [0.1, 0.15) is 12.5 Å². The Bertz CT molecular complexity index is 600. The van der Waals surface area contributed by atoms with Gasteiger partial charge in [-0.05, 0) is 19.1 Å². The summed E-state index contributed by atoms with van der Waals surface area (Å²) in [6.07, 6.45) is -4.88. The molecule has 1 N–H and O–H groups in total. The highest BCUT2D eigenvalue weighted by Gasteiger charge is 2.33. The zero-order valence-corrected chi connectivity index (χ0v) is 14.4. The third-order valence-electron chi connectivity index (χ3n) is 2.46. The van der Waals surface area contributed by atoms with Crippen LogP contribution in [0.3, 0.4) is 0 Å². The summed E-state index contributed by atoms with van der Waals surface area (Å²) in [5.41, 5.74) is 2.59. The van der Waals surface area contributed by atoms with Gasteiger partial charge in [0, 0.05) is 6.61 Å². The predicted octanol–water partition coefficient (Wildman–Crippen LogP) is 4.36. The SMILES string of the molecule is CCOCNc1c(F)ccc(OC(F)(F)F)c1C#C[Si](C)(C)C.